The molecule has 0 atom stereocenters. The van der Waals surface area contributed by atoms with Crippen LogP contribution in [0.1, 0.15) is 17.6 Å². The molecule has 2 aromatic heterocycles. The highest BCUT2D eigenvalue weighted by atomic mass is 35.5. The lowest BCUT2D eigenvalue weighted by atomic mass is 10.2. The van der Waals surface area contributed by atoms with Crippen molar-refractivity contribution in [3.8, 4) is 0 Å². The fourth-order valence-electron chi connectivity index (χ4n) is 2.11. The molecule has 6 heteroatoms. The minimum atomic E-state index is 0.682. The average Bonchev–Trinajstić information content (AvgIpc) is 2.95. The quantitative estimate of drug-likeness (QED) is 0.773. The summed E-state index contributed by atoms with van der Waals surface area (Å²) in [4.78, 5) is 13.1. The summed E-state index contributed by atoms with van der Waals surface area (Å²) in [5.74, 6) is 0.836. The van der Waals surface area contributed by atoms with Crippen LogP contribution in [0.4, 0.5) is 5.82 Å². The van der Waals surface area contributed by atoms with Gasteiger partial charge in [-0.15, -0.1) is 11.3 Å². The number of benzene rings is 1. The number of rotatable bonds is 5. The second kappa shape index (κ2) is 6.37. The van der Waals surface area contributed by atoms with E-state index in [-0.39, 0.29) is 0 Å². The maximum absolute atomic E-state index is 5.98. The molecule has 0 radical (unpaired) electrons. The van der Waals surface area contributed by atoms with Crippen LogP contribution >= 0.6 is 22.9 Å². The number of hydrogen-bond donors (Lipinski definition) is 1. The maximum Gasteiger partial charge on any atom is 0.137 e. The molecule has 0 aliphatic carbocycles. The van der Waals surface area contributed by atoms with Gasteiger partial charge in [-0.05, 0) is 24.6 Å². The fourth-order valence-corrected chi connectivity index (χ4v) is 3.05. The van der Waals surface area contributed by atoms with Gasteiger partial charge in [0.2, 0.25) is 0 Å². The first-order valence-corrected chi connectivity index (χ1v) is 8.09. The molecule has 0 bridgehead atoms. The summed E-state index contributed by atoms with van der Waals surface area (Å²) < 4.78 is 0. The molecule has 0 unspecified atom stereocenters. The molecule has 3 aromatic rings. The van der Waals surface area contributed by atoms with Crippen LogP contribution in [0.25, 0.3) is 10.9 Å². The van der Waals surface area contributed by atoms with Crippen LogP contribution in [0.3, 0.4) is 0 Å². The van der Waals surface area contributed by atoms with E-state index < -0.39 is 0 Å². The van der Waals surface area contributed by atoms with Crippen molar-refractivity contribution in [1.29, 1.82) is 0 Å². The van der Waals surface area contributed by atoms with Gasteiger partial charge in [-0.1, -0.05) is 18.5 Å². The molecule has 0 amide bonds. The van der Waals surface area contributed by atoms with Crippen molar-refractivity contribution in [2.75, 3.05) is 11.9 Å². The van der Waals surface area contributed by atoms with Crippen molar-refractivity contribution in [1.82, 2.24) is 15.0 Å². The summed E-state index contributed by atoms with van der Waals surface area (Å²) in [5.41, 5.74) is 1.98. The van der Waals surface area contributed by atoms with Crippen molar-refractivity contribution >= 4 is 39.7 Å². The summed E-state index contributed by atoms with van der Waals surface area (Å²) >= 11 is 7.70. The molecule has 0 spiro atoms. The first-order chi connectivity index (χ1) is 10.3. The molecule has 0 saturated heterocycles. The molecule has 4 nitrogen and oxygen atoms in total. The molecule has 0 aliphatic heterocycles. The Bertz CT molecular complexity index is 756. The maximum atomic E-state index is 5.98. The Hall–Kier alpha value is -1.72. The number of anilines is 1. The van der Waals surface area contributed by atoms with Gasteiger partial charge in [-0.3, -0.25) is 0 Å². The summed E-state index contributed by atoms with van der Waals surface area (Å²) in [6, 6.07) is 5.64. The van der Waals surface area contributed by atoms with Crippen molar-refractivity contribution in [3.63, 3.8) is 0 Å². The highest BCUT2D eigenvalue weighted by Gasteiger charge is 2.05. The molecular weight excluding hydrogens is 304 g/mol. The smallest absolute Gasteiger partial charge is 0.137 e. The lowest BCUT2D eigenvalue weighted by molar-refractivity contribution is 0.945. The number of aryl methyl sites for hydroxylation is 1. The largest absolute Gasteiger partial charge is 0.369 e. The number of nitrogens with zero attached hydrogens (tertiary/aromatic N) is 3. The van der Waals surface area contributed by atoms with Crippen LogP contribution in [0.2, 0.25) is 5.02 Å². The normalized spacial score (nSPS) is 11.0. The van der Waals surface area contributed by atoms with Crippen molar-refractivity contribution in [2.24, 2.45) is 0 Å². The van der Waals surface area contributed by atoms with Crippen LogP contribution < -0.4 is 5.32 Å². The molecule has 0 fully saturated rings. The highest BCUT2D eigenvalue weighted by Crippen LogP contribution is 2.22. The number of nitrogens with one attached hydrogen (secondary N) is 1. The van der Waals surface area contributed by atoms with E-state index in [4.69, 9.17) is 11.6 Å². The SMILES string of the molecule is CCc1nc(CCNc2ncnc3cc(Cl)ccc23)cs1. The molecule has 108 valence electrons. The zero-order valence-corrected chi connectivity index (χ0v) is 13.2. The van der Waals surface area contributed by atoms with Crippen LogP contribution in [-0.4, -0.2) is 21.5 Å². The molecule has 1 aromatic carbocycles. The Balaban J connectivity index is 1.70. The van der Waals surface area contributed by atoms with E-state index in [0.29, 0.717) is 5.02 Å². The number of halogens is 1. The van der Waals surface area contributed by atoms with Crippen LogP contribution in [-0.2, 0) is 12.8 Å². The Morgan fingerprint density at radius 3 is 3.00 bits per heavy atom. The Morgan fingerprint density at radius 1 is 1.29 bits per heavy atom. The minimum absolute atomic E-state index is 0.682. The molecule has 21 heavy (non-hydrogen) atoms. The van der Waals surface area contributed by atoms with Crippen molar-refractivity contribution in [3.05, 3.63) is 45.6 Å². The molecule has 1 N–H and O–H groups in total. The average molecular weight is 319 g/mol. The highest BCUT2D eigenvalue weighted by molar-refractivity contribution is 7.09. The van der Waals surface area contributed by atoms with Gasteiger partial charge in [-0.25, -0.2) is 15.0 Å². The Kier molecular flexibility index (Phi) is 4.31. The monoisotopic (exact) mass is 318 g/mol. The lowest BCUT2D eigenvalue weighted by Gasteiger charge is -2.07. The third-order valence-corrected chi connectivity index (χ3v) is 4.45. The number of aromatic nitrogens is 3. The van der Waals surface area contributed by atoms with E-state index in [1.165, 1.54) is 5.01 Å². The van der Waals surface area contributed by atoms with E-state index in [9.17, 15) is 0 Å². The van der Waals surface area contributed by atoms with Gasteiger partial charge in [0.25, 0.3) is 0 Å². The second-order valence-corrected chi connectivity index (χ2v) is 6.03. The number of thiazole rings is 1. The number of hydrogen-bond acceptors (Lipinski definition) is 5. The van der Waals surface area contributed by atoms with E-state index in [1.807, 2.05) is 18.2 Å². The predicted molar refractivity (Wildman–Crippen MR) is 88.2 cm³/mol. The first-order valence-electron chi connectivity index (χ1n) is 6.83. The van der Waals surface area contributed by atoms with Crippen molar-refractivity contribution < 1.29 is 0 Å². The van der Waals surface area contributed by atoms with Crippen LogP contribution in [0.5, 0.6) is 0 Å². The van der Waals surface area contributed by atoms with Gasteiger partial charge in [0.1, 0.15) is 12.1 Å². The summed E-state index contributed by atoms with van der Waals surface area (Å²) in [6.07, 6.45) is 3.43. The van der Waals surface area contributed by atoms with Crippen molar-refractivity contribution in [2.45, 2.75) is 19.8 Å². The first kappa shape index (κ1) is 14.2. The third kappa shape index (κ3) is 3.31. The van der Waals surface area contributed by atoms with Crippen LogP contribution in [0.15, 0.2) is 29.9 Å². The van der Waals surface area contributed by atoms with Gasteiger partial charge < -0.3 is 5.32 Å². The van der Waals surface area contributed by atoms with Gasteiger partial charge in [0.15, 0.2) is 0 Å². The van der Waals surface area contributed by atoms with E-state index in [0.717, 1.165) is 41.8 Å². The molecule has 0 aliphatic rings. The summed E-state index contributed by atoms with van der Waals surface area (Å²) in [6.45, 7) is 2.92. The van der Waals surface area contributed by atoms with Gasteiger partial charge >= 0.3 is 0 Å². The third-order valence-electron chi connectivity index (χ3n) is 3.17. The zero-order valence-electron chi connectivity index (χ0n) is 11.6. The minimum Gasteiger partial charge on any atom is -0.369 e. The van der Waals surface area contributed by atoms with Gasteiger partial charge in [0, 0.05) is 28.8 Å². The molecular formula is C15H15ClN4S. The summed E-state index contributed by atoms with van der Waals surface area (Å²) in [5, 5.41) is 8.33. The zero-order chi connectivity index (χ0) is 14.7. The van der Waals surface area contributed by atoms with E-state index in [2.05, 4.69) is 32.6 Å². The van der Waals surface area contributed by atoms with Gasteiger partial charge in [0.05, 0.1) is 16.2 Å². The van der Waals surface area contributed by atoms with E-state index >= 15 is 0 Å². The summed E-state index contributed by atoms with van der Waals surface area (Å²) in [7, 11) is 0. The second-order valence-electron chi connectivity index (χ2n) is 4.65. The molecule has 3 rings (SSSR count). The standard InChI is InChI=1S/C15H15ClN4S/c1-2-14-20-11(8-21-14)5-6-17-15-12-4-3-10(16)7-13(12)18-9-19-15/h3-4,7-9H,2,5-6H2,1H3,(H,17,18,19). The fraction of sp³-hybridized carbons (Fsp3) is 0.267. The topological polar surface area (TPSA) is 50.7 Å². The molecule has 2 heterocycles. The Labute approximate surface area is 132 Å². The lowest BCUT2D eigenvalue weighted by Crippen LogP contribution is -2.07. The van der Waals surface area contributed by atoms with Gasteiger partial charge in [-0.2, -0.15) is 0 Å². The molecule has 0 saturated carbocycles. The van der Waals surface area contributed by atoms with Crippen LogP contribution in [0, 0.1) is 0 Å². The predicted octanol–water partition coefficient (Wildman–Crippen LogP) is 3.96. The Morgan fingerprint density at radius 2 is 2.19 bits per heavy atom. The number of fused-ring (bicyclic) bond motifs is 1. The van der Waals surface area contributed by atoms with E-state index in [1.54, 1.807) is 17.7 Å².